The van der Waals surface area contributed by atoms with Crippen LogP contribution in [0.4, 0.5) is 0 Å². The van der Waals surface area contributed by atoms with Crippen LogP contribution in [0.5, 0.6) is 0 Å². The van der Waals surface area contributed by atoms with Gasteiger partial charge < -0.3 is 5.11 Å². The molecule has 25 heavy (non-hydrogen) atoms. The third-order valence-electron chi connectivity index (χ3n) is 3.89. The Bertz CT molecular complexity index is 894. The van der Waals surface area contributed by atoms with Crippen LogP contribution in [0.3, 0.4) is 0 Å². The Balaban J connectivity index is 2.07. The van der Waals surface area contributed by atoms with E-state index < -0.39 is 5.60 Å². The molecule has 0 radical (unpaired) electrons. The number of benzene rings is 2. The molecule has 5 heteroatoms. The van der Waals surface area contributed by atoms with E-state index in [-0.39, 0.29) is 0 Å². The molecule has 0 saturated heterocycles. The number of fused-ring (bicyclic) bond motifs is 1. The maximum atomic E-state index is 10.2. The van der Waals surface area contributed by atoms with E-state index >= 15 is 0 Å². The Hall–Kier alpha value is -1.91. The van der Waals surface area contributed by atoms with Gasteiger partial charge in [-0.2, -0.15) is 4.80 Å². The van der Waals surface area contributed by atoms with Crippen molar-refractivity contribution in [3.05, 3.63) is 52.5 Å². The number of aliphatic hydroxyl groups is 1. The maximum absolute atomic E-state index is 10.2. The molecule has 0 saturated carbocycles. The van der Waals surface area contributed by atoms with Crippen LogP contribution in [0.25, 0.3) is 16.7 Å². The minimum atomic E-state index is -0.760. The highest BCUT2D eigenvalue weighted by Crippen LogP contribution is 2.22. The lowest BCUT2D eigenvalue weighted by atomic mass is 9.94. The van der Waals surface area contributed by atoms with Crippen molar-refractivity contribution in [3.8, 4) is 5.69 Å². The lowest BCUT2D eigenvalue weighted by Crippen LogP contribution is -2.22. The second-order valence-corrected chi connectivity index (χ2v) is 8.15. The first-order chi connectivity index (χ1) is 11.7. The zero-order chi connectivity index (χ0) is 18.2. The van der Waals surface area contributed by atoms with Gasteiger partial charge in [-0.25, -0.2) is 0 Å². The molecule has 1 heterocycles. The molecule has 132 valence electrons. The Morgan fingerprint density at radius 3 is 2.40 bits per heavy atom. The second kappa shape index (κ2) is 6.77. The monoisotopic (exact) mass is 357 g/mol. The van der Waals surface area contributed by atoms with Crippen LogP contribution in [0.15, 0.2) is 36.4 Å². The molecule has 0 amide bonds. The number of hydrogen-bond acceptors (Lipinski definition) is 3. The van der Waals surface area contributed by atoms with Crippen LogP contribution in [0.1, 0.15) is 38.8 Å². The van der Waals surface area contributed by atoms with Crippen molar-refractivity contribution in [1.82, 2.24) is 15.0 Å². The average molecular weight is 358 g/mol. The quantitative estimate of drug-likeness (QED) is 0.726. The van der Waals surface area contributed by atoms with Gasteiger partial charge in [-0.1, -0.05) is 31.5 Å². The largest absolute Gasteiger partial charge is 0.390 e. The summed E-state index contributed by atoms with van der Waals surface area (Å²) in [5, 5.41) is 20.0. The number of aromatic nitrogens is 3. The van der Waals surface area contributed by atoms with Crippen LogP contribution in [0, 0.1) is 5.92 Å². The summed E-state index contributed by atoms with van der Waals surface area (Å²) < 4.78 is 0. The molecule has 4 nitrogen and oxygen atoms in total. The SMILES string of the molecule is CC(C)Cc1cc(CC(C)(C)O)cc(-n2nc3ccc(Cl)cc3n2)c1. The van der Waals surface area contributed by atoms with Gasteiger partial charge in [0, 0.05) is 11.4 Å². The van der Waals surface area contributed by atoms with Gasteiger partial charge in [0.1, 0.15) is 11.0 Å². The summed E-state index contributed by atoms with van der Waals surface area (Å²) in [4.78, 5) is 1.65. The van der Waals surface area contributed by atoms with Gasteiger partial charge in [0.2, 0.25) is 0 Å². The van der Waals surface area contributed by atoms with Gasteiger partial charge in [-0.3, -0.25) is 0 Å². The van der Waals surface area contributed by atoms with Gasteiger partial charge in [0.15, 0.2) is 0 Å². The average Bonchev–Trinajstić information content (AvgIpc) is 2.87. The van der Waals surface area contributed by atoms with Crippen LogP contribution >= 0.6 is 11.6 Å². The molecular weight excluding hydrogens is 334 g/mol. The van der Waals surface area contributed by atoms with Crippen molar-refractivity contribution < 1.29 is 5.11 Å². The predicted molar refractivity (Wildman–Crippen MR) is 102 cm³/mol. The van der Waals surface area contributed by atoms with E-state index in [1.165, 1.54) is 5.56 Å². The summed E-state index contributed by atoms with van der Waals surface area (Å²) in [6, 6.07) is 11.8. The molecule has 0 bridgehead atoms. The smallest absolute Gasteiger partial charge is 0.115 e. The number of halogens is 1. The van der Waals surface area contributed by atoms with Crippen molar-refractivity contribution in [2.24, 2.45) is 5.92 Å². The molecule has 1 aromatic heterocycles. The molecule has 1 N–H and O–H groups in total. The first kappa shape index (κ1) is 17.9. The molecule has 0 spiro atoms. The van der Waals surface area contributed by atoms with E-state index in [0.717, 1.165) is 28.7 Å². The van der Waals surface area contributed by atoms with Gasteiger partial charge >= 0.3 is 0 Å². The molecule has 3 rings (SSSR count). The van der Waals surface area contributed by atoms with Crippen LogP contribution < -0.4 is 0 Å². The topological polar surface area (TPSA) is 50.9 Å². The van der Waals surface area contributed by atoms with Crippen LogP contribution in [-0.2, 0) is 12.8 Å². The highest BCUT2D eigenvalue weighted by Gasteiger charge is 2.16. The molecule has 2 aromatic carbocycles. The van der Waals surface area contributed by atoms with Crippen molar-refractivity contribution in [1.29, 1.82) is 0 Å². The fourth-order valence-electron chi connectivity index (χ4n) is 3.05. The third kappa shape index (κ3) is 4.59. The van der Waals surface area contributed by atoms with E-state index in [1.54, 1.807) is 4.80 Å². The molecule has 0 unspecified atom stereocenters. The van der Waals surface area contributed by atoms with E-state index in [2.05, 4.69) is 36.2 Å². The van der Waals surface area contributed by atoms with Crippen molar-refractivity contribution in [2.75, 3.05) is 0 Å². The highest BCUT2D eigenvalue weighted by molar-refractivity contribution is 6.31. The first-order valence-electron chi connectivity index (χ1n) is 8.58. The van der Waals surface area contributed by atoms with Crippen LogP contribution in [0.2, 0.25) is 5.02 Å². The fourth-order valence-corrected chi connectivity index (χ4v) is 3.22. The van der Waals surface area contributed by atoms with Gasteiger partial charge in [0.25, 0.3) is 0 Å². The van der Waals surface area contributed by atoms with Gasteiger partial charge in [-0.05, 0) is 67.6 Å². The van der Waals surface area contributed by atoms with Gasteiger partial charge in [0.05, 0.1) is 11.3 Å². The summed E-state index contributed by atoms with van der Waals surface area (Å²) >= 11 is 6.05. The molecule has 0 fully saturated rings. The molecule has 0 aliphatic heterocycles. The Kier molecular flexibility index (Phi) is 4.85. The summed E-state index contributed by atoms with van der Waals surface area (Å²) in [6.45, 7) is 8.05. The lowest BCUT2D eigenvalue weighted by molar-refractivity contribution is 0.0810. The van der Waals surface area contributed by atoms with E-state index in [9.17, 15) is 5.11 Å². The molecule has 0 aliphatic rings. The van der Waals surface area contributed by atoms with Crippen molar-refractivity contribution in [2.45, 2.75) is 46.1 Å². The zero-order valence-corrected chi connectivity index (χ0v) is 15.9. The normalized spacial score (nSPS) is 12.3. The van der Waals surface area contributed by atoms with Crippen molar-refractivity contribution in [3.63, 3.8) is 0 Å². The maximum Gasteiger partial charge on any atom is 0.115 e. The second-order valence-electron chi connectivity index (χ2n) is 7.72. The molecular formula is C20H24ClN3O. The number of nitrogens with zero attached hydrogens (tertiary/aromatic N) is 3. The van der Waals surface area contributed by atoms with E-state index in [0.29, 0.717) is 17.4 Å². The molecule has 0 atom stereocenters. The minimum Gasteiger partial charge on any atom is -0.390 e. The van der Waals surface area contributed by atoms with E-state index in [1.807, 2.05) is 38.1 Å². The van der Waals surface area contributed by atoms with Crippen molar-refractivity contribution >= 4 is 22.6 Å². The Morgan fingerprint density at radius 1 is 1.04 bits per heavy atom. The summed E-state index contributed by atoms with van der Waals surface area (Å²) in [5.41, 5.74) is 4.04. The standard InChI is InChI=1S/C20H24ClN3O/c1-13(2)7-14-8-15(12-20(3,4)25)10-17(9-14)24-22-18-6-5-16(21)11-19(18)23-24/h5-6,8-11,13,25H,7,12H2,1-4H3. The lowest BCUT2D eigenvalue weighted by Gasteiger charge is -2.18. The summed E-state index contributed by atoms with van der Waals surface area (Å²) in [7, 11) is 0. The molecule has 0 aliphatic carbocycles. The first-order valence-corrected chi connectivity index (χ1v) is 8.96. The summed E-state index contributed by atoms with van der Waals surface area (Å²) in [5.74, 6) is 0.550. The Labute approximate surface area is 153 Å². The predicted octanol–water partition coefficient (Wildman–Crippen LogP) is 4.59. The molecule has 3 aromatic rings. The Morgan fingerprint density at radius 2 is 1.72 bits per heavy atom. The summed E-state index contributed by atoms with van der Waals surface area (Å²) in [6.07, 6.45) is 1.55. The third-order valence-corrected chi connectivity index (χ3v) is 4.13. The fraction of sp³-hybridized carbons (Fsp3) is 0.400. The highest BCUT2D eigenvalue weighted by atomic mass is 35.5. The number of rotatable bonds is 5. The zero-order valence-electron chi connectivity index (χ0n) is 15.1. The minimum absolute atomic E-state index is 0.550. The number of hydrogen-bond donors (Lipinski definition) is 1. The van der Waals surface area contributed by atoms with E-state index in [4.69, 9.17) is 11.6 Å². The van der Waals surface area contributed by atoms with Crippen LogP contribution in [-0.4, -0.2) is 25.7 Å². The van der Waals surface area contributed by atoms with Gasteiger partial charge in [-0.15, -0.1) is 10.2 Å².